The van der Waals surface area contributed by atoms with E-state index in [4.69, 9.17) is 0 Å². The van der Waals surface area contributed by atoms with E-state index >= 15 is 0 Å². The van der Waals surface area contributed by atoms with E-state index in [0.29, 0.717) is 5.56 Å². The van der Waals surface area contributed by atoms with Crippen LogP contribution in [0.1, 0.15) is 22.7 Å². The molecule has 0 heterocycles. The van der Waals surface area contributed by atoms with Gasteiger partial charge in [-0.05, 0) is 42.7 Å². The first-order valence-corrected chi connectivity index (χ1v) is 6.17. The van der Waals surface area contributed by atoms with Gasteiger partial charge in [-0.1, -0.05) is 36.4 Å². The van der Waals surface area contributed by atoms with Crippen molar-refractivity contribution in [3.8, 4) is 0 Å². The van der Waals surface area contributed by atoms with Gasteiger partial charge in [0.15, 0.2) is 0 Å². The predicted octanol–water partition coefficient (Wildman–Crippen LogP) is 2.21. The molecule has 1 atom stereocenters. The largest absolute Gasteiger partial charge is 0.548 e. The summed E-state index contributed by atoms with van der Waals surface area (Å²) in [5, 5.41) is 14.3. The number of hydrogen-bond acceptors (Lipinski definition) is 3. The van der Waals surface area contributed by atoms with Crippen LogP contribution in [-0.4, -0.2) is 5.97 Å². The Labute approximate surface area is 112 Å². The number of carbonyl (C=O) groups excluding carboxylic acids is 1. The molecule has 98 valence electrons. The molecule has 0 aliphatic carbocycles. The van der Waals surface area contributed by atoms with Crippen LogP contribution in [-0.2, 0) is 4.79 Å². The Balaban J connectivity index is 2.29. The number of anilines is 1. The molecule has 0 saturated heterocycles. The van der Waals surface area contributed by atoms with E-state index in [2.05, 4.69) is 5.32 Å². The van der Waals surface area contributed by atoms with E-state index in [1.54, 1.807) is 12.1 Å². The molecule has 19 heavy (non-hydrogen) atoms. The van der Waals surface area contributed by atoms with Gasteiger partial charge in [-0.3, -0.25) is 0 Å². The maximum atomic E-state index is 11.3. The Kier molecular flexibility index (Phi) is 3.85. The van der Waals surface area contributed by atoms with Crippen molar-refractivity contribution >= 4 is 11.7 Å². The number of carboxylic acid groups (broad SMARTS) is 1. The Bertz CT molecular complexity index is 558. The van der Waals surface area contributed by atoms with Gasteiger partial charge in [0, 0.05) is 5.69 Å². The van der Waals surface area contributed by atoms with Gasteiger partial charge >= 0.3 is 0 Å². The molecule has 3 heteroatoms. The molecule has 0 aliphatic rings. The van der Waals surface area contributed by atoms with Crippen LogP contribution in [0.2, 0.25) is 0 Å². The van der Waals surface area contributed by atoms with Crippen LogP contribution in [0.4, 0.5) is 5.69 Å². The quantitative estimate of drug-likeness (QED) is 0.910. The van der Waals surface area contributed by atoms with Crippen LogP contribution < -0.4 is 10.4 Å². The van der Waals surface area contributed by atoms with Crippen molar-refractivity contribution in [1.82, 2.24) is 0 Å². The zero-order chi connectivity index (χ0) is 13.8. The van der Waals surface area contributed by atoms with Crippen molar-refractivity contribution in [3.63, 3.8) is 0 Å². The third kappa shape index (κ3) is 3.35. The summed E-state index contributed by atoms with van der Waals surface area (Å²) in [6.07, 6.45) is 0. The number of benzene rings is 2. The first kappa shape index (κ1) is 13.1. The minimum atomic E-state index is -1.13. The average Bonchev–Trinajstić information content (AvgIpc) is 2.35. The zero-order valence-corrected chi connectivity index (χ0v) is 11.0. The average molecular weight is 254 g/mol. The molecule has 0 fully saturated rings. The topological polar surface area (TPSA) is 52.2 Å². The van der Waals surface area contributed by atoms with Crippen LogP contribution in [0.3, 0.4) is 0 Å². The Morgan fingerprint density at radius 3 is 2.16 bits per heavy atom. The smallest absolute Gasteiger partial charge is 0.0912 e. The van der Waals surface area contributed by atoms with E-state index in [1.807, 2.05) is 50.2 Å². The van der Waals surface area contributed by atoms with Crippen molar-refractivity contribution in [2.45, 2.75) is 19.9 Å². The first-order chi connectivity index (χ1) is 9.06. The highest BCUT2D eigenvalue weighted by Gasteiger charge is 2.12. The fourth-order valence-electron chi connectivity index (χ4n) is 2.15. The van der Waals surface area contributed by atoms with Gasteiger partial charge in [-0.25, -0.2) is 0 Å². The van der Waals surface area contributed by atoms with Crippen molar-refractivity contribution in [3.05, 3.63) is 65.2 Å². The summed E-state index contributed by atoms with van der Waals surface area (Å²) in [7, 11) is 0. The molecule has 0 spiro atoms. The fourth-order valence-corrected chi connectivity index (χ4v) is 2.15. The first-order valence-electron chi connectivity index (χ1n) is 6.17. The lowest BCUT2D eigenvalue weighted by molar-refractivity contribution is -0.307. The third-order valence-corrected chi connectivity index (χ3v) is 2.90. The molecule has 1 N–H and O–H groups in total. The molecule has 0 unspecified atom stereocenters. The number of nitrogens with one attached hydrogen (secondary N) is 1. The fraction of sp³-hybridized carbons (Fsp3) is 0.188. The minimum absolute atomic E-state index is 0.682. The molecule has 0 saturated carbocycles. The van der Waals surface area contributed by atoms with Gasteiger partial charge in [0.1, 0.15) is 0 Å². The highest BCUT2D eigenvalue weighted by Crippen LogP contribution is 2.21. The molecule has 2 aromatic rings. The van der Waals surface area contributed by atoms with E-state index < -0.39 is 12.0 Å². The highest BCUT2D eigenvalue weighted by atomic mass is 16.4. The summed E-state index contributed by atoms with van der Waals surface area (Å²) in [5.74, 6) is -1.13. The van der Waals surface area contributed by atoms with E-state index in [1.165, 1.54) is 0 Å². The van der Waals surface area contributed by atoms with E-state index in [-0.39, 0.29) is 0 Å². The molecule has 3 nitrogen and oxygen atoms in total. The molecular weight excluding hydrogens is 238 g/mol. The molecule has 0 radical (unpaired) electrons. The molecule has 2 rings (SSSR count). The Morgan fingerprint density at radius 2 is 1.63 bits per heavy atom. The molecule has 0 aliphatic heterocycles. The lowest BCUT2D eigenvalue weighted by atomic mass is 10.1. The maximum absolute atomic E-state index is 11.3. The molecule has 0 aromatic heterocycles. The lowest BCUT2D eigenvalue weighted by Gasteiger charge is -2.22. The molecular formula is C16H16NO2-. The number of rotatable bonds is 4. The van der Waals surface area contributed by atoms with E-state index in [9.17, 15) is 9.90 Å². The summed E-state index contributed by atoms with van der Waals surface area (Å²) in [5.41, 5.74) is 3.65. The predicted molar refractivity (Wildman–Crippen MR) is 73.7 cm³/mol. The number of hydrogen-bond donors (Lipinski definition) is 1. The van der Waals surface area contributed by atoms with Crippen LogP contribution in [0, 0.1) is 13.8 Å². The Hall–Kier alpha value is -2.29. The Morgan fingerprint density at radius 1 is 1.05 bits per heavy atom. The van der Waals surface area contributed by atoms with Crippen LogP contribution >= 0.6 is 0 Å². The van der Waals surface area contributed by atoms with E-state index in [0.717, 1.165) is 16.8 Å². The van der Waals surface area contributed by atoms with Gasteiger partial charge < -0.3 is 15.2 Å². The van der Waals surface area contributed by atoms with Crippen LogP contribution in [0.25, 0.3) is 0 Å². The van der Waals surface area contributed by atoms with Gasteiger partial charge in [0.05, 0.1) is 12.0 Å². The number of carbonyl (C=O) groups is 1. The SMILES string of the molecule is Cc1cc(C)cc(N[C@@H](C(=O)[O-])c2ccccc2)c1. The zero-order valence-electron chi connectivity index (χ0n) is 11.0. The molecule has 0 amide bonds. The number of aryl methyl sites for hydroxylation is 2. The van der Waals surface area contributed by atoms with Crippen LogP contribution in [0.15, 0.2) is 48.5 Å². The number of aliphatic carboxylic acids is 1. The monoisotopic (exact) mass is 254 g/mol. The molecule has 0 bridgehead atoms. The second-order valence-corrected chi connectivity index (χ2v) is 4.68. The van der Waals surface area contributed by atoms with Crippen molar-refractivity contribution < 1.29 is 9.90 Å². The van der Waals surface area contributed by atoms with Gasteiger partial charge in [-0.2, -0.15) is 0 Å². The summed E-state index contributed by atoms with van der Waals surface area (Å²) in [6.45, 7) is 3.96. The minimum Gasteiger partial charge on any atom is -0.548 e. The number of carboxylic acids is 1. The van der Waals surface area contributed by atoms with Gasteiger partial charge in [0.25, 0.3) is 0 Å². The molecule has 2 aromatic carbocycles. The summed E-state index contributed by atoms with van der Waals surface area (Å²) < 4.78 is 0. The van der Waals surface area contributed by atoms with Gasteiger partial charge in [-0.15, -0.1) is 0 Å². The maximum Gasteiger partial charge on any atom is 0.0912 e. The van der Waals surface area contributed by atoms with Gasteiger partial charge in [0.2, 0.25) is 0 Å². The summed E-state index contributed by atoms with van der Waals surface area (Å²) >= 11 is 0. The normalized spacial score (nSPS) is 11.9. The van der Waals surface area contributed by atoms with Crippen molar-refractivity contribution in [1.29, 1.82) is 0 Å². The summed E-state index contributed by atoms with van der Waals surface area (Å²) in [6, 6.07) is 14.1. The summed E-state index contributed by atoms with van der Waals surface area (Å²) in [4.78, 5) is 11.3. The van der Waals surface area contributed by atoms with Crippen molar-refractivity contribution in [2.24, 2.45) is 0 Å². The second kappa shape index (κ2) is 5.57. The second-order valence-electron chi connectivity index (χ2n) is 4.68. The van der Waals surface area contributed by atoms with Crippen LogP contribution in [0.5, 0.6) is 0 Å². The lowest BCUT2D eigenvalue weighted by Crippen LogP contribution is -2.34. The standard InChI is InChI=1S/C16H17NO2/c1-11-8-12(2)10-14(9-11)17-15(16(18)19)13-6-4-3-5-7-13/h3-10,15,17H,1-2H3,(H,18,19)/p-1/t15-/m1/s1. The highest BCUT2D eigenvalue weighted by molar-refractivity contribution is 5.77. The van der Waals surface area contributed by atoms with Crippen molar-refractivity contribution in [2.75, 3.05) is 5.32 Å². The third-order valence-electron chi connectivity index (χ3n) is 2.90.